The van der Waals surface area contributed by atoms with Crippen molar-refractivity contribution in [3.05, 3.63) is 142 Å². The average Bonchev–Trinajstić information content (AvgIpc) is 3.76. The maximum Gasteiger partial charge on any atom is 0.367 e. The Morgan fingerprint density at radius 1 is 0.458 bits per heavy atom. The number of nitrogens with zero attached hydrogens (tertiary/aromatic N) is 2. The van der Waals surface area contributed by atoms with E-state index < -0.39 is 0 Å². The summed E-state index contributed by atoms with van der Waals surface area (Å²) in [6.07, 6.45) is 6.84. The van der Waals surface area contributed by atoms with Crippen molar-refractivity contribution in [2.45, 2.75) is 209 Å². The highest BCUT2D eigenvalue weighted by molar-refractivity contribution is 8.03. The zero-order valence-electron chi connectivity index (χ0n) is 46.9. The molecule has 1 fully saturated rings. The summed E-state index contributed by atoms with van der Waals surface area (Å²) in [7, 11) is 0. The highest BCUT2D eigenvalue weighted by atomic mass is 32.2. The van der Waals surface area contributed by atoms with Gasteiger partial charge in [-0.2, -0.15) is 4.57 Å². The Hall–Kier alpha value is -4.65. The summed E-state index contributed by atoms with van der Waals surface area (Å²) in [6.45, 7) is 41.3. The molecule has 2 heterocycles. The summed E-state index contributed by atoms with van der Waals surface area (Å²) in [5, 5.41) is 28.0. The van der Waals surface area contributed by atoms with Gasteiger partial charge in [0, 0.05) is 47.8 Å². The van der Waals surface area contributed by atoms with Crippen LogP contribution in [0.25, 0.3) is 38.6 Å². The molecule has 0 spiro atoms. The van der Waals surface area contributed by atoms with Crippen LogP contribution in [0.4, 0.5) is 0 Å². The number of pyridine rings is 1. The number of rotatable bonds is 6. The van der Waals surface area contributed by atoms with Crippen molar-refractivity contribution in [1.29, 1.82) is 0 Å². The second kappa shape index (κ2) is 18.0. The number of hydrogen-bond donors (Lipinski definition) is 2. The average molecular weight is 1000 g/mol. The van der Waals surface area contributed by atoms with E-state index in [4.69, 9.17) is 0 Å². The van der Waals surface area contributed by atoms with Gasteiger partial charge < -0.3 is 14.8 Å². The molecule has 7 aromatic rings. The summed E-state index contributed by atoms with van der Waals surface area (Å²) < 4.78 is 4.51. The minimum Gasteiger partial charge on any atom is -0.506 e. The van der Waals surface area contributed by atoms with Crippen molar-refractivity contribution >= 4 is 45.3 Å². The molecule has 0 radical (unpaired) electrons. The molecule has 2 N–H and O–H groups in total. The lowest BCUT2D eigenvalue weighted by molar-refractivity contribution is -0.710. The molecule has 6 heteroatoms. The third kappa shape index (κ3) is 9.78. The molecular weight excluding hydrogens is 917 g/mol. The molecule has 0 amide bonds. The molecule has 2 aliphatic rings. The van der Waals surface area contributed by atoms with E-state index >= 15 is 0 Å². The normalized spacial score (nSPS) is 17.2. The molecule has 2 unspecified atom stereocenters. The fourth-order valence-corrected chi connectivity index (χ4v) is 14.6. The first-order valence-electron chi connectivity index (χ1n) is 26.7. The Labute approximate surface area is 441 Å². The lowest BCUT2D eigenvalue weighted by Gasteiger charge is -2.34. The van der Waals surface area contributed by atoms with Crippen molar-refractivity contribution in [3.63, 3.8) is 0 Å². The highest BCUT2D eigenvalue weighted by Crippen LogP contribution is 2.51. The Morgan fingerprint density at radius 2 is 0.861 bits per heavy atom. The SMILES string of the molecule is CC(C)(C)c1ccc2c(c1)C([n+]1cc(C(C)(C)C)c(SC3CCCCC3Sc3cc(O)c(-n4c5cc(C(C)(C)C)ccc5c5ccc(C(C)(C)C)cc54)cc3C(C)(C)C)cc1O)c1cc(C(C)(C)C)ccc1-2. The molecule has 0 saturated heterocycles. The number of aromatic hydroxyl groups is 2. The summed E-state index contributed by atoms with van der Waals surface area (Å²) >= 11 is 3.92. The molecule has 72 heavy (non-hydrogen) atoms. The minimum atomic E-state index is -0.189. The topological polar surface area (TPSA) is 49.3 Å². The number of fused-ring (bicyclic) bond motifs is 6. The maximum atomic E-state index is 12.5. The van der Waals surface area contributed by atoms with Gasteiger partial charge in [-0.1, -0.05) is 186 Å². The fraction of sp³-hybridized carbons (Fsp3) is 0.470. The van der Waals surface area contributed by atoms with E-state index in [-0.39, 0.29) is 38.5 Å². The molecule has 9 rings (SSSR count). The zero-order chi connectivity index (χ0) is 52.4. The summed E-state index contributed by atoms with van der Waals surface area (Å²) in [4.78, 5) is 2.31. The van der Waals surface area contributed by atoms with E-state index in [1.54, 1.807) is 0 Å². The van der Waals surface area contributed by atoms with Crippen LogP contribution in [0, 0.1) is 0 Å². The predicted octanol–water partition coefficient (Wildman–Crippen LogP) is 18.1. The molecule has 1 saturated carbocycles. The molecule has 2 aromatic heterocycles. The van der Waals surface area contributed by atoms with E-state index in [1.807, 2.05) is 23.5 Å². The van der Waals surface area contributed by atoms with Crippen molar-refractivity contribution in [3.8, 4) is 28.4 Å². The molecule has 2 aliphatic carbocycles. The van der Waals surface area contributed by atoms with Crippen LogP contribution < -0.4 is 4.57 Å². The maximum absolute atomic E-state index is 12.5. The van der Waals surface area contributed by atoms with Gasteiger partial charge in [0.25, 0.3) is 0 Å². The van der Waals surface area contributed by atoms with Crippen molar-refractivity contribution in [2.24, 2.45) is 0 Å². The van der Waals surface area contributed by atoms with Gasteiger partial charge in [-0.25, -0.2) is 0 Å². The lowest BCUT2D eigenvalue weighted by Crippen LogP contribution is -2.41. The van der Waals surface area contributed by atoms with Gasteiger partial charge in [0.05, 0.1) is 22.8 Å². The van der Waals surface area contributed by atoms with Crippen LogP contribution in [0.5, 0.6) is 11.6 Å². The Morgan fingerprint density at radius 3 is 1.28 bits per heavy atom. The van der Waals surface area contributed by atoms with Crippen LogP contribution in [0.15, 0.2) is 107 Å². The number of phenolic OH excluding ortho intramolecular Hbond substituents is 1. The number of aromatic nitrogens is 2. The molecule has 0 bridgehead atoms. The third-order valence-corrected chi connectivity index (χ3v) is 18.8. The zero-order valence-corrected chi connectivity index (χ0v) is 48.5. The smallest absolute Gasteiger partial charge is 0.367 e. The monoisotopic (exact) mass is 1000 g/mol. The molecule has 380 valence electrons. The fourth-order valence-electron chi connectivity index (χ4n) is 11.2. The van der Waals surface area contributed by atoms with Gasteiger partial charge in [-0.3, -0.25) is 0 Å². The summed E-state index contributed by atoms with van der Waals surface area (Å²) in [5.74, 6) is 0.597. The Kier molecular flexibility index (Phi) is 13.1. The van der Waals surface area contributed by atoms with Gasteiger partial charge in [0.2, 0.25) is 6.04 Å². The van der Waals surface area contributed by atoms with Gasteiger partial charge in [0.1, 0.15) is 5.75 Å². The molecular formula is C66H83N2O2S2+. The standard InChI is InChI=1S/C66H82N2O2S2/c1-61(2,3)39-23-27-43-44-28-24-40(62(4,5)6)32-48(44)60(47(43)31-39)67-38-50(66(16,17)18)58(37-59(67)70)72-56-22-20-19-21-55(56)71-57-36-54(69)53(35-49(57)65(13,14)15)68-51-33-41(63(7,8)9)25-29-45(51)46-30-26-42(34-52(46)68)64(10,11)12/h23-38,55-56,60,69H,19-22H2,1-18H3/p+1. The number of benzene rings is 5. The Bertz CT molecular complexity index is 3100. The third-order valence-electron chi connectivity index (χ3n) is 15.7. The largest absolute Gasteiger partial charge is 0.506 e. The molecule has 0 aliphatic heterocycles. The van der Waals surface area contributed by atoms with Gasteiger partial charge in [-0.05, 0) is 121 Å². The van der Waals surface area contributed by atoms with Gasteiger partial charge in [-0.15, -0.1) is 23.5 Å². The van der Waals surface area contributed by atoms with Crippen molar-refractivity contribution in [1.82, 2.24) is 4.57 Å². The summed E-state index contributed by atoms with van der Waals surface area (Å²) in [5.41, 5.74) is 15.2. The first kappa shape index (κ1) is 52.2. The van der Waals surface area contributed by atoms with E-state index in [1.165, 1.54) is 79.2 Å². The van der Waals surface area contributed by atoms with Crippen LogP contribution in [-0.4, -0.2) is 25.3 Å². The molecule has 2 atom stereocenters. The van der Waals surface area contributed by atoms with Crippen LogP contribution in [0.3, 0.4) is 0 Å². The van der Waals surface area contributed by atoms with Gasteiger partial charge in [0.15, 0.2) is 6.20 Å². The second-order valence-corrected chi connectivity index (χ2v) is 30.1. The highest BCUT2D eigenvalue weighted by Gasteiger charge is 2.41. The number of thioether (sulfide) groups is 2. The number of hydrogen-bond acceptors (Lipinski definition) is 4. The Balaban J connectivity index is 1.12. The van der Waals surface area contributed by atoms with Crippen molar-refractivity contribution in [2.75, 3.05) is 0 Å². The van der Waals surface area contributed by atoms with E-state index in [0.717, 1.165) is 39.4 Å². The van der Waals surface area contributed by atoms with E-state index in [2.05, 4.69) is 231 Å². The van der Waals surface area contributed by atoms with E-state index in [0.29, 0.717) is 22.1 Å². The van der Waals surface area contributed by atoms with Crippen LogP contribution in [-0.2, 0) is 32.5 Å². The first-order chi connectivity index (χ1) is 33.3. The quantitative estimate of drug-likeness (QED) is 0.163. The van der Waals surface area contributed by atoms with Crippen molar-refractivity contribution < 1.29 is 14.8 Å². The van der Waals surface area contributed by atoms with Gasteiger partial charge >= 0.3 is 5.88 Å². The van der Waals surface area contributed by atoms with Crippen LogP contribution >= 0.6 is 23.5 Å². The minimum absolute atomic E-state index is 0.0169. The van der Waals surface area contributed by atoms with Crippen LogP contribution in [0.1, 0.15) is 201 Å². The number of phenols is 1. The second-order valence-electron chi connectivity index (χ2n) is 27.6. The lowest BCUT2D eigenvalue weighted by atomic mass is 9.84. The van der Waals surface area contributed by atoms with Crippen LogP contribution in [0.2, 0.25) is 0 Å². The molecule has 4 nitrogen and oxygen atoms in total. The summed E-state index contributed by atoms with van der Waals surface area (Å²) in [6, 6.07) is 34.1. The molecule has 5 aromatic carbocycles. The predicted molar refractivity (Wildman–Crippen MR) is 310 cm³/mol. The van der Waals surface area contributed by atoms with E-state index in [9.17, 15) is 10.2 Å². The first-order valence-corrected chi connectivity index (χ1v) is 28.4.